The maximum absolute atomic E-state index is 10.5. The van der Waals surface area contributed by atoms with Gasteiger partial charge in [0.2, 0.25) is 6.41 Å². The van der Waals surface area contributed by atoms with Gasteiger partial charge < -0.3 is 9.88 Å². The average Bonchev–Trinajstić information content (AvgIpc) is 2.70. The smallest absolute Gasteiger partial charge is 0.207 e. The van der Waals surface area contributed by atoms with Crippen molar-refractivity contribution in [2.24, 2.45) is 0 Å². The highest BCUT2D eigenvalue weighted by atomic mass is 16.1. The number of nitrogens with one attached hydrogen (secondary N) is 1. The van der Waals surface area contributed by atoms with Crippen molar-refractivity contribution in [3.63, 3.8) is 0 Å². The quantitative estimate of drug-likeness (QED) is 0.635. The van der Waals surface area contributed by atoms with E-state index in [1.54, 1.807) is 0 Å². The van der Waals surface area contributed by atoms with Gasteiger partial charge in [-0.05, 0) is 19.1 Å². The third-order valence-electron chi connectivity index (χ3n) is 2.64. The summed E-state index contributed by atoms with van der Waals surface area (Å²) in [7, 11) is 0. The van der Waals surface area contributed by atoms with E-state index in [4.69, 9.17) is 6.42 Å². The van der Waals surface area contributed by atoms with E-state index < -0.39 is 0 Å². The highest BCUT2D eigenvalue weighted by Gasteiger charge is 2.14. The lowest BCUT2D eigenvalue weighted by Crippen LogP contribution is -2.20. The van der Waals surface area contributed by atoms with Crippen LogP contribution >= 0.6 is 0 Å². The van der Waals surface area contributed by atoms with E-state index in [1.807, 2.05) is 35.8 Å². The molecule has 1 aromatic carbocycles. The molecule has 0 saturated carbocycles. The minimum Gasteiger partial charge on any atom is -0.349 e. The summed E-state index contributed by atoms with van der Waals surface area (Å²) in [5, 5.41) is 2.69. The van der Waals surface area contributed by atoms with E-state index in [0.29, 0.717) is 13.0 Å². The number of amides is 1. The summed E-state index contributed by atoms with van der Waals surface area (Å²) in [6.07, 6.45) is 6.04. The molecule has 2 aromatic rings. The summed E-state index contributed by atoms with van der Waals surface area (Å²) in [6, 6.07) is 7.61. The zero-order valence-electron chi connectivity index (χ0n) is 9.55. The van der Waals surface area contributed by atoms with Gasteiger partial charge in [-0.25, -0.2) is 4.98 Å². The molecule has 1 atom stereocenters. The van der Waals surface area contributed by atoms with Gasteiger partial charge in [-0.15, -0.1) is 6.42 Å². The van der Waals surface area contributed by atoms with Crippen LogP contribution in [0, 0.1) is 12.3 Å². The minimum atomic E-state index is -0.159. The summed E-state index contributed by atoms with van der Waals surface area (Å²) >= 11 is 0. The van der Waals surface area contributed by atoms with Crippen molar-refractivity contribution in [3.8, 4) is 12.3 Å². The molecule has 0 fully saturated rings. The van der Waals surface area contributed by atoms with Crippen molar-refractivity contribution in [3.05, 3.63) is 30.1 Å². The Bertz CT molecular complexity index is 580. The maximum atomic E-state index is 10.5. The van der Waals surface area contributed by atoms with Crippen LogP contribution in [0.1, 0.15) is 18.8 Å². The molecule has 1 aromatic heterocycles. The second-order valence-corrected chi connectivity index (χ2v) is 3.76. The number of nitrogens with zero attached hydrogens (tertiary/aromatic N) is 2. The van der Waals surface area contributed by atoms with Crippen molar-refractivity contribution >= 4 is 17.4 Å². The number of carbonyl (C=O) groups is 1. The van der Waals surface area contributed by atoms with Crippen molar-refractivity contribution in [1.82, 2.24) is 14.9 Å². The van der Waals surface area contributed by atoms with E-state index in [2.05, 4.69) is 16.2 Å². The first-order valence-corrected chi connectivity index (χ1v) is 5.36. The van der Waals surface area contributed by atoms with Crippen molar-refractivity contribution in [2.75, 3.05) is 0 Å². The number of carbonyl (C=O) groups excluding carboxylic acids is 1. The minimum absolute atomic E-state index is 0.159. The normalized spacial score (nSPS) is 12.0. The molecule has 17 heavy (non-hydrogen) atoms. The molecule has 2 rings (SSSR count). The lowest BCUT2D eigenvalue weighted by atomic mass is 10.3. The fourth-order valence-corrected chi connectivity index (χ4v) is 1.86. The highest BCUT2D eigenvalue weighted by molar-refractivity contribution is 5.76. The van der Waals surface area contributed by atoms with Crippen molar-refractivity contribution < 1.29 is 4.79 Å². The summed E-state index contributed by atoms with van der Waals surface area (Å²) < 4.78 is 1.94. The topological polar surface area (TPSA) is 46.9 Å². The molecule has 1 amide bonds. The Kier molecular flexibility index (Phi) is 3.10. The van der Waals surface area contributed by atoms with Gasteiger partial charge in [0.05, 0.1) is 23.6 Å². The number of imidazole rings is 1. The molecule has 0 aliphatic heterocycles. The molecule has 0 spiro atoms. The largest absolute Gasteiger partial charge is 0.349 e. The Morgan fingerprint density at radius 2 is 2.35 bits per heavy atom. The summed E-state index contributed by atoms with van der Waals surface area (Å²) in [5.74, 6) is 3.38. The van der Waals surface area contributed by atoms with Gasteiger partial charge in [-0.2, -0.15) is 0 Å². The Morgan fingerprint density at radius 3 is 3.06 bits per heavy atom. The second kappa shape index (κ2) is 4.71. The van der Waals surface area contributed by atoms with Crippen LogP contribution in [0.3, 0.4) is 0 Å². The molecule has 0 unspecified atom stereocenters. The molecule has 4 nitrogen and oxygen atoms in total. The number of rotatable bonds is 4. The van der Waals surface area contributed by atoms with Gasteiger partial charge in [0, 0.05) is 0 Å². The first-order chi connectivity index (χ1) is 8.27. The standard InChI is InChI=1S/C13H13N3O/c1-3-8-16-12-7-5-4-6-11(12)15-13(16)10(2)14-9-17/h1,4-7,9-10H,8H2,2H3,(H,14,17)/t10-/m0/s1. The fourth-order valence-electron chi connectivity index (χ4n) is 1.86. The van der Waals surface area contributed by atoms with Crippen LogP contribution in [-0.2, 0) is 11.3 Å². The molecule has 86 valence electrons. The molecule has 0 aliphatic carbocycles. The van der Waals surface area contributed by atoms with Gasteiger partial charge in [0.1, 0.15) is 5.82 Å². The number of fused-ring (bicyclic) bond motifs is 1. The van der Waals surface area contributed by atoms with Crippen LogP contribution in [0.15, 0.2) is 24.3 Å². The van der Waals surface area contributed by atoms with Gasteiger partial charge in [0.15, 0.2) is 0 Å². The van der Waals surface area contributed by atoms with E-state index in [0.717, 1.165) is 16.9 Å². The van der Waals surface area contributed by atoms with E-state index in [9.17, 15) is 4.79 Å². The molecule has 0 aliphatic rings. The summed E-state index contributed by atoms with van der Waals surface area (Å²) in [6.45, 7) is 2.32. The SMILES string of the molecule is C#CCn1c([C@H](C)NC=O)nc2ccccc21. The molecule has 0 saturated heterocycles. The van der Waals surface area contributed by atoms with Gasteiger partial charge >= 0.3 is 0 Å². The number of para-hydroxylation sites is 2. The third-order valence-corrected chi connectivity index (χ3v) is 2.64. The lowest BCUT2D eigenvalue weighted by molar-refractivity contribution is -0.110. The highest BCUT2D eigenvalue weighted by Crippen LogP contribution is 2.20. The number of hydrogen-bond acceptors (Lipinski definition) is 2. The van der Waals surface area contributed by atoms with Crippen LogP contribution in [0.5, 0.6) is 0 Å². The summed E-state index contributed by atoms with van der Waals surface area (Å²) in [4.78, 5) is 15.0. The molecule has 0 bridgehead atoms. The first kappa shape index (κ1) is 11.2. The Labute approximate surface area is 99.7 Å². The Hall–Kier alpha value is -2.28. The molecule has 1 N–H and O–H groups in total. The Morgan fingerprint density at radius 1 is 1.59 bits per heavy atom. The third kappa shape index (κ3) is 2.00. The first-order valence-electron chi connectivity index (χ1n) is 5.36. The predicted molar refractivity (Wildman–Crippen MR) is 66.2 cm³/mol. The summed E-state index contributed by atoms with van der Waals surface area (Å²) in [5.41, 5.74) is 1.87. The van der Waals surface area contributed by atoms with E-state index >= 15 is 0 Å². The van der Waals surface area contributed by atoms with Gasteiger partial charge in [0.25, 0.3) is 0 Å². The second-order valence-electron chi connectivity index (χ2n) is 3.76. The fraction of sp³-hybridized carbons (Fsp3) is 0.231. The average molecular weight is 227 g/mol. The molecular weight excluding hydrogens is 214 g/mol. The molecule has 1 heterocycles. The number of terminal acetylenes is 1. The lowest BCUT2D eigenvalue weighted by Gasteiger charge is -2.11. The van der Waals surface area contributed by atoms with Gasteiger partial charge in [-0.3, -0.25) is 4.79 Å². The van der Waals surface area contributed by atoms with Crippen molar-refractivity contribution in [2.45, 2.75) is 19.5 Å². The van der Waals surface area contributed by atoms with Crippen LogP contribution < -0.4 is 5.32 Å². The van der Waals surface area contributed by atoms with Crippen LogP contribution in [-0.4, -0.2) is 16.0 Å². The number of benzene rings is 1. The van der Waals surface area contributed by atoms with Gasteiger partial charge in [-0.1, -0.05) is 18.1 Å². The predicted octanol–water partition coefficient (Wildman–Crippen LogP) is 1.48. The number of hydrogen-bond donors (Lipinski definition) is 1. The zero-order valence-corrected chi connectivity index (χ0v) is 9.55. The zero-order chi connectivity index (χ0) is 12.3. The van der Waals surface area contributed by atoms with Crippen LogP contribution in [0.25, 0.3) is 11.0 Å². The van der Waals surface area contributed by atoms with E-state index in [1.165, 1.54) is 0 Å². The molecule has 0 radical (unpaired) electrons. The molecular formula is C13H13N3O. The van der Waals surface area contributed by atoms with Crippen LogP contribution in [0.4, 0.5) is 0 Å². The maximum Gasteiger partial charge on any atom is 0.207 e. The Balaban J connectivity index is 2.57. The molecule has 4 heteroatoms. The van der Waals surface area contributed by atoms with Crippen LogP contribution in [0.2, 0.25) is 0 Å². The van der Waals surface area contributed by atoms with Crippen molar-refractivity contribution in [1.29, 1.82) is 0 Å². The monoisotopic (exact) mass is 227 g/mol. The van der Waals surface area contributed by atoms with E-state index in [-0.39, 0.29) is 6.04 Å². The number of aromatic nitrogens is 2.